The van der Waals surface area contributed by atoms with Gasteiger partial charge in [0.05, 0.1) is 0 Å². The summed E-state index contributed by atoms with van der Waals surface area (Å²) in [7, 11) is 0. The first-order valence-corrected chi connectivity index (χ1v) is 4.28. The lowest BCUT2D eigenvalue weighted by Gasteiger charge is -2.16. The van der Waals surface area contributed by atoms with Crippen LogP contribution in [0, 0.1) is 0 Å². The lowest BCUT2D eigenvalue weighted by molar-refractivity contribution is -0.132. The lowest BCUT2D eigenvalue weighted by atomic mass is 10.0. The zero-order valence-corrected chi connectivity index (χ0v) is 8.07. The Bertz CT molecular complexity index is 420. The van der Waals surface area contributed by atoms with E-state index in [-0.39, 0.29) is 5.56 Å². The second-order valence-electron chi connectivity index (χ2n) is 3.04. The number of nitrogens with zero attached hydrogens (tertiary/aromatic N) is 1. The van der Waals surface area contributed by atoms with E-state index < -0.39 is 29.8 Å². The summed E-state index contributed by atoms with van der Waals surface area (Å²) in [5.74, 6) is -2.51. The van der Waals surface area contributed by atoms with Gasteiger partial charge in [-0.2, -0.15) is 0 Å². The molecule has 0 aliphatic rings. The fraction of sp³-hybridized carbons (Fsp3) is 0.222. The van der Waals surface area contributed by atoms with Crippen LogP contribution in [0.2, 0.25) is 0 Å². The van der Waals surface area contributed by atoms with Crippen molar-refractivity contribution in [3.63, 3.8) is 0 Å². The molecule has 0 spiro atoms. The number of carbonyl (C=O) groups is 2. The quantitative estimate of drug-likeness (QED) is 0.502. The second kappa shape index (κ2) is 4.69. The fourth-order valence-electron chi connectivity index (χ4n) is 1.16. The molecule has 0 saturated heterocycles. The Morgan fingerprint density at radius 2 is 2.00 bits per heavy atom. The predicted molar refractivity (Wildman–Crippen MR) is 51.4 cm³/mol. The monoisotopic (exact) mass is 226 g/mol. The molecule has 1 heterocycles. The number of hydrogen-bond acceptors (Lipinski definition) is 5. The molecule has 5 N–H and O–H groups in total. The highest BCUT2D eigenvalue weighted by Gasteiger charge is 2.27. The van der Waals surface area contributed by atoms with E-state index in [4.69, 9.17) is 10.8 Å². The van der Waals surface area contributed by atoms with Crippen LogP contribution in [-0.4, -0.2) is 38.3 Å². The molecule has 1 amide bonds. The number of aliphatic hydroxyl groups is 2. The zero-order valence-electron chi connectivity index (χ0n) is 8.07. The average molecular weight is 226 g/mol. The van der Waals surface area contributed by atoms with E-state index in [0.29, 0.717) is 0 Å². The van der Waals surface area contributed by atoms with Crippen LogP contribution >= 0.6 is 0 Å². The van der Waals surface area contributed by atoms with Gasteiger partial charge < -0.3 is 21.1 Å². The predicted octanol–water partition coefficient (Wildman–Crippen LogP) is -1.34. The van der Waals surface area contributed by atoms with Crippen LogP contribution in [0.3, 0.4) is 0 Å². The summed E-state index contributed by atoms with van der Waals surface area (Å²) in [6.07, 6.45) is -2.37. The first-order chi connectivity index (χ1) is 7.45. The Labute approximate surface area is 90.2 Å². The maximum Gasteiger partial charge on any atom is 0.354 e. The Kier molecular flexibility index (Phi) is 3.54. The SMILES string of the molecule is NC(=O)C(O)C(O)c1cccnc1C(=O)O. The van der Waals surface area contributed by atoms with E-state index in [1.807, 2.05) is 0 Å². The van der Waals surface area contributed by atoms with E-state index in [1.54, 1.807) is 0 Å². The Hall–Kier alpha value is -1.99. The van der Waals surface area contributed by atoms with Crippen LogP contribution < -0.4 is 5.73 Å². The molecule has 1 rings (SSSR count). The van der Waals surface area contributed by atoms with Crippen molar-refractivity contribution in [3.8, 4) is 0 Å². The van der Waals surface area contributed by atoms with Crippen LogP contribution in [0.1, 0.15) is 22.2 Å². The van der Waals surface area contributed by atoms with Crippen LogP contribution in [0.15, 0.2) is 18.3 Å². The number of carboxylic acid groups (broad SMARTS) is 1. The molecule has 2 atom stereocenters. The van der Waals surface area contributed by atoms with Crippen molar-refractivity contribution in [2.75, 3.05) is 0 Å². The van der Waals surface area contributed by atoms with Crippen molar-refractivity contribution in [2.45, 2.75) is 12.2 Å². The van der Waals surface area contributed by atoms with E-state index in [0.717, 1.165) is 0 Å². The van der Waals surface area contributed by atoms with Gasteiger partial charge in [-0.3, -0.25) is 4.79 Å². The maximum atomic E-state index is 10.7. The van der Waals surface area contributed by atoms with Crippen molar-refractivity contribution < 1.29 is 24.9 Å². The zero-order chi connectivity index (χ0) is 12.3. The number of hydrogen-bond donors (Lipinski definition) is 4. The summed E-state index contributed by atoms with van der Waals surface area (Å²) in [6, 6.07) is 2.62. The Balaban J connectivity index is 3.12. The topological polar surface area (TPSA) is 134 Å². The number of carboxylic acids is 1. The van der Waals surface area contributed by atoms with Gasteiger partial charge in [-0.1, -0.05) is 6.07 Å². The summed E-state index contributed by atoms with van der Waals surface area (Å²) >= 11 is 0. The number of nitrogens with two attached hydrogens (primary N) is 1. The first-order valence-electron chi connectivity index (χ1n) is 4.28. The molecule has 16 heavy (non-hydrogen) atoms. The van der Waals surface area contributed by atoms with Crippen LogP contribution in [0.4, 0.5) is 0 Å². The van der Waals surface area contributed by atoms with Crippen molar-refractivity contribution in [2.24, 2.45) is 5.73 Å². The molecule has 0 aromatic carbocycles. The van der Waals surface area contributed by atoms with Gasteiger partial charge >= 0.3 is 5.97 Å². The third-order valence-electron chi connectivity index (χ3n) is 1.95. The van der Waals surface area contributed by atoms with Crippen molar-refractivity contribution in [3.05, 3.63) is 29.6 Å². The maximum absolute atomic E-state index is 10.7. The molecular weight excluding hydrogens is 216 g/mol. The highest BCUT2D eigenvalue weighted by Crippen LogP contribution is 2.19. The third-order valence-corrected chi connectivity index (χ3v) is 1.95. The summed E-state index contributed by atoms with van der Waals surface area (Å²) in [4.78, 5) is 24.9. The van der Waals surface area contributed by atoms with E-state index >= 15 is 0 Å². The van der Waals surface area contributed by atoms with Crippen LogP contribution in [0.5, 0.6) is 0 Å². The van der Waals surface area contributed by atoms with Gasteiger partial charge in [0.2, 0.25) is 5.91 Å². The van der Waals surface area contributed by atoms with E-state index in [9.17, 15) is 19.8 Å². The fourth-order valence-corrected chi connectivity index (χ4v) is 1.16. The molecular formula is C9H10N2O5. The molecule has 1 aromatic rings. The number of aliphatic hydroxyl groups excluding tert-OH is 2. The minimum absolute atomic E-state index is 0.165. The lowest BCUT2D eigenvalue weighted by Crippen LogP contribution is -2.34. The molecule has 0 fully saturated rings. The number of carbonyl (C=O) groups excluding carboxylic acids is 1. The number of amides is 1. The molecule has 2 unspecified atom stereocenters. The third kappa shape index (κ3) is 2.33. The Morgan fingerprint density at radius 3 is 2.50 bits per heavy atom. The second-order valence-corrected chi connectivity index (χ2v) is 3.04. The minimum Gasteiger partial charge on any atom is -0.477 e. The molecule has 7 heteroatoms. The van der Waals surface area contributed by atoms with Crippen molar-refractivity contribution >= 4 is 11.9 Å². The van der Waals surface area contributed by atoms with Gasteiger partial charge in [0.25, 0.3) is 0 Å². The summed E-state index contributed by atoms with van der Waals surface area (Å²) in [5.41, 5.74) is 4.18. The standard InChI is InChI=1S/C9H10N2O5/c10-8(14)7(13)6(12)4-2-1-3-11-5(4)9(15)16/h1-3,6-7,12-13H,(H2,10,14)(H,15,16). The molecule has 0 radical (unpaired) electrons. The van der Waals surface area contributed by atoms with Gasteiger partial charge in [-0.05, 0) is 6.07 Å². The van der Waals surface area contributed by atoms with Gasteiger partial charge in [0, 0.05) is 11.8 Å². The van der Waals surface area contributed by atoms with Gasteiger partial charge in [-0.25, -0.2) is 9.78 Å². The van der Waals surface area contributed by atoms with Crippen LogP contribution in [0.25, 0.3) is 0 Å². The van der Waals surface area contributed by atoms with Gasteiger partial charge in [0.15, 0.2) is 11.8 Å². The summed E-state index contributed by atoms with van der Waals surface area (Å²) < 4.78 is 0. The first kappa shape index (κ1) is 12.1. The van der Waals surface area contributed by atoms with E-state index in [1.165, 1.54) is 18.3 Å². The average Bonchev–Trinajstić information content (AvgIpc) is 2.26. The van der Waals surface area contributed by atoms with Gasteiger partial charge in [0.1, 0.15) is 6.10 Å². The highest BCUT2D eigenvalue weighted by atomic mass is 16.4. The molecule has 7 nitrogen and oxygen atoms in total. The molecule has 0 aliphatic heterocycles. The summed E-state index contributed by atoms with van der Waals surface area (Å²) in [6.45, 7) is 0. The highest BCUT2D eigenvalue weighted by molar-refractivity contribution is 5.88. The molecule has 0 bridgehead atoms. The van der Waals surface area contributed by atoms with Crippen molar-refractivity contribution in [1.29, 1.82) is 0 Å². The molecule has 1 aromatic heterocycles. The molecule has 0 saturated carbocycles. The number of rotatable bonds is 4. The number of aromatic nitrogens is 1. The number of primary amides is 1. The number of aromatic carboxylic acids is 1. The van der Waals surface area contributed by atoms with Crippen LogP contribution in [-0.2, 0) is 4.79 Å². The summed E-state index contributed by atoms with van der Waals surface area (Å²) in [5, 5.41) is 27.5. The van der Waals surface area contributed by atoms with Gasteiger partial charge in [-0.15, -0.1) is 0 Å². The number of pyridine rings is 1. The molecule has 0 aliphatic carbocycles. The largest absolute Gasteiger partial charge is 0.477 e. The van der Waals surface area contributed by atoms with E-state index in [2.05, 4.69) is 4.98 Å². The molecule has 86 valence electrons. The smallest absolute Gasteiger partial charge is 0.354 e. The minimum atomic E-state index is -1.87. The van der Waals surface area contributed by atoms with Crippen molar-refractivity contribution in [1.82, 2.24) is 4.98 Å². The Morgan fingerprint density at radius 1 is 1.38 bits per heavy atom. The normalized spacial score (nSPS) is 14.1.